The highest BCUT2D eigenvalue weighted by atomic mass is 79.9. The Morgan fingerprint density at radius 1 is 1.22 bits per heavy atom. The summed E-state index contributed by atoms with van der Waals surface area (Å²) in [5.41, 5.74) is 0.390. The van der Waals surface area contributed by atoms with Gasteiger partial charge in [0.05, 0.1) is 17.4 Å². The van der Waals surface area contributed by atoms with Crippen molar-refractivity contribution in [1.29, 1.82) is 0 Å². The maximum Gasteiger partial charge on any atom is 0.196 e. The molecule has 0 bridgehead atoms. The number of ether oxygens (including phenoxy) is 1. The molecule has 94 valence electrons. The fraction of sp³-hybridized carbons (Fsp3) is 0.0909. The molecule has 2 aromatic rings. The molecule has 2 rings (SSSR count). The summed E-state index contributed by atoms with van der Waals surface area (Å²) in [5, 5.41) is 0.306. The lowest BCUT2D eigenvalue weighted by molar-refractivity contribution is 0.303. The zero-order valence-electron chi connectivity index (χ0n) is 8.83. The molecule has 0 spiro atoms. The predicted molar refractivity (Wildman–Crippen MR) is 70.5 cm³/mol. The second kappa shape index (κ2) is 5.82. The average Bonchev–Trinajstić information content (AvgIpc) is 2.36. The Labute approximate surface area is 121 Å². The number of hydrogen-bond acceptors (Lipinski definition) is 3. The summed E-state index contributed by atoms with van der Waals surface area (Å²) < 4.78 is 19.1. The topological polar surface area (TPSA) is 35.0 Å². The van der Waals surface area contributed by atoms with Crippen molar-refractivity contribution in [3.8, 4) is 5.75 Å². The zero-order valence-corrected chi connectivity index (χ0v) is 11.9. The summed E-state index contributed by atoms with van der Waals surface area (Å²) in [5.74, 6) is -0.0960. The first-order chi connectivity index (χ1) is 8.58. The second-order valence-electron chi connectivity index (χ2n) is 3.30. The molecule has 0 saturated heterocycles. The molecule has 1 heterocycles. The van der Waals surface area contributed by atoms with Crippen LogP contribution in [0.1, 0.15) is 5.56 Å². The summed E-state index contributed by atoms with van der Waals surface area (Å²) in [6, 6.07) is 2.64. The van der Waals surface area contributed by atoms with Crippen molar-refractivity contribution in [3.63, 3.8) is 0 Å². The van der Waals surface area contributed by atoms with Crippen LogP contribution in [0.15, 0.2) is 29.3 Å². The van der Waals surface area contributed by atoms with Gasteiger partial charge in [0.2, 0.25) is 0 Å². The van der Waals surface area contributed by atoms with Gasteiger partial charge in [0, 0.05) is 10.6 Å². The van der Waals surface area contributed by atoms with Gasteiger partial charge in [0.25, 0.3) is 0 Å². The molecular formula is C11H6BrCl2FN2O. The van der Waals surface area contributed by atoms with Crippen LogP contribution in [0.4, 0.5) is 4.39 Å². The predicted octanol–water partition coefficient (Wildman–Crippen LogP) is 4.26. The molecule has 1 aromatic heterocycles. The monoisotopic (exact) mass is 350 g/mol. The van der Waals surface area contributed by atoms with Crippen LogP contribution in [-0.4, -0.2) is 9.97 Å². The van der Waals surface area contributed by atoms with Crippen molar-refractivity contribution in [3.05, 3.63) is 50.7 Å². The van der Waals surface area contributed by atoms with Crippen molar-refractivity contribution in [1.82, 2.24) is 9.97 Å². The molecule has 0 radical (unpaired) electrons. The fourth-order valence-electron chi connectivity index (χ4n) is 1.23. The van der Waals surface area contributed by atoms with E-state index in [-0.39, 0.29) is 11.6 Å². The normalized spacial score (nSPS) is 10.4. The van der Waals surface area contributed by atoms with Gasteiger partial charge in [-0.15, -0.1) is 0 Å². The van der Waals surface area contributed by atoms with Crippen molar-refractivity contribution in [2.75, 3.05) is 0 Å². The van der Waals surface area contributed by atoms with Crippen LogP contribution in [0, 0.1) is 5.82 Å². The largest absolute Gasteiger partial charge is 0.486 e. The van der Waals surface area contributed by atoms with E-state index in [4.69, 9.17) is 27.9 Å². The van der Waals surface area contributed by atoms with Crippen LogP contribution >= 0.6 is 39.1 Å². The molecule has 7 heteroatoms. The van der Waals surface area contributed by atoms with Crippen molar-refractivity contribution in [2.24, 2.45) is 0 Å². The molecule has 0 aliphatic carbocycles. The first-order valence-electron chi connectivity index (χ1n) is 4.80. The molecular weight excluding hydrogens is 346 g/mol. The van der Waals surface area contributed by atoms with Crippen molar-refractivity contribution in [2.45, 2.75) is 6.61 Å². The zero-order chi connectivity index (χ0) is 13.1. The van der Waals surface area contributed by atoms with Gasteiger partial charge in [0.15, 0.2) is 10.5 Å². The van der Waals surface area contributed by atoms with E-state index in [1.807, 2.05) is 0 Å². The van der Waals surface area contributed by atoms with E-state index in [1.54, 1.807) is 0 Å². The lowest BCUT2D eigenvalue weighted by atomic mass is 10.2. The number of aromatic nitrogens is 2. The van der Waals surface area contributed by atoms with Gasteiger partial charge >= 0.3 is 0 Å². The summed E-state index contributed by atoms with van der Waals surface area (Å²) in [7, 11) is 0. The van der Waals surface area contributed by atoms with Crippen LogP contribution in [0.2, 0.25) is 10.0 Å². The Kier molecular flexibility index (Phi) is 4.37. The molecule has 3 nitrogen and oxygen atoms in total. The SMILES string of the molecule is Fc1ccc(Cl)c(COc2cnc(Br)nc2)c1Cl. The first kappa shape index (κ1) is 13.5. The third-order valence-corrected chi connectivity index (χ3v) is 3.29. The van der Waals surface area contributed by atoms with E-state index in [0.717, 1.165) is 0 Å². The fourth-order valence-corrected chi connectivity index (χ4v) is 1.92. The van der Waals surface area contributed by atoms with E-state index in [1.165, 1.54) is 24.5 Å². The summed E-state index contributed by atoms with van der Waals surface area (Å²) in [6.07, 6.45) is 2.97. The molecule has 0 saturated carbocycles. The summed E-state index contributed by atoms with van der Waals surface area (Å²) in [6.45, 7) is 0.0421. The number of benzene rings is 1. The standard InChI is InChI=1S/C11H6BrCl2FN2O/c12-11-16-3-6(4-17-11)18-5-7-8(13)1-2-9(15)10(7)14/h1-4H,5H2. The van der Waals surface area contributed by atoms with Crippen LogP contribution in [-0.2, 0) is 6.61 Å². The van der Waals surface area contributed by atoms with Gasteiger partial charge in [-0.05, 0) is 28.1 Å². The van der Waals surface area contributed by atoms with E-state index in [2.05, 4.69) is 25.9 Å². The molecule has 1 aromatic carbocycles. The minimum atomic E-state index is -0.535. The quantitative estimate of drug-likeness (QED) is 0.612. The van der Waals surface area contributed by atoms with E-state index in [0.29, 0.717) is 21.1 Å². The third kappa shape index (κ3) is 3.10. The maximum atomic E-state index is 13.3. The molecule has 0 atom stereocenters. The molecule has 0 fully saturated rings. The van der Waals surface area contributed by atoms with Gasteiger partial charge in [-0.25, -0.2) is 14.4 Å². The van der Waals surface area contributed by atoms with Crippen LogP contribution in [0.25, 0.3) is 0 Å². The van der Waals surface area contributed by atoms with Crippen molar-refractivity contribution < 1.29 is 9.13 Å². The second-order valence-corrected chi connectivity index (χ2v) is 4.79. The van der Waals surface area contributed by atoms with Gasteiger partial charge in [-0.2, -0.15) is 0 Å². The number of nitrogens with zero attached hydrogens (tertiary/aromatic N) is 2. The minimum Gasteiger partial charge on any atom is -0.486 e. The maximum absolute atomic E-state index is 13.3. The highest BCUT2D eigenvalue weighted by molar-refractivity contribution is 9.10. The van der Waals surface area contributed by atoms with Crippen LogP contribution in [0.5, 0.6) is 5.75 Å². The first-order valence-corrected chi connectivity index (χ1v) is 6.35. The Bertz CT molecular complexity index is 566. The molecule has 0 unspecified atom stereocenters. The molecule has 0 aliphatic heterocycles. The highest BCUT2D eigenvalue weighted by Crippen LogP contribution is 2.28. The Hall–Kier alpha value is -0.910. The molecule has 0 amide bonds. The Morgan fingerprint density at radius 3 is 2.56 bits per heavy atom. The lowest BCUT2D eigenvalue weighted by Gasteiger charge is -2.09. The molecule has 18 heavy (non-hydrogen) atoms. The van der Waals surface area contributed by atoms with E-state index in [9.17, 15) is 4.39 Å². The highest BCUT2D eigenvalue weighted by Gasteiger charge is 2.11. The summed E-state index contributed by atoms with van der Waals surface area (Å²) in [4.78, 5) is 7.79. The van der Waals surface area contributed by atoms with Crippen molar-refractivity contribution >= 4 is 39.1 Å². The molecule has 0 N–H and O–H groups in total. The van der Waals surface area contributed by atoms with Gasteiger partial charge in [-0.1, -0.05) is 23.2 Å². The summed E-state index contributed by atoms with van der Waals surface area (Å²) >= 11 is 14.8. The number of hydrogen-bond donors (Lipinski definition) is 0. The minimum absolute atomic E-state index is 0.0412. The lowest BCUT2D eigenvalue weighted by Crippen LogP contribution is -1.99. The van der Waals surface area contributed by atoms with Crippen LogP contribution < -0.4 is 4.74 Å². The number of halogens is 4. The smallest absolute Gasteiger partial charge is 0.196 e. The van der Waals surface area contributed by atoms with Gasteiger partial charge in [-0.3, -0.25) is 0 Å². The number of rotatable bonds is 3. The van der Waals surface area contributed by atoms with Gasteiger partial charge in [0.1, 0.15) is 12.4 Å². The van der Waals surface area contributed by atoms with Crippen LogP contribution in [0.3, 0.4) is 0 Å². The van der Waals surface area contributed by atoms with E-state index >= 15 is 0 Å². The van der Waals surface area contributed by atoms with Gasteiger partial charge < -0.3 is 4.74 Å². The molecule has 0 aliphatic rings. The third-order valence-electron chi connectivity index (χ3n) is 2.12. The Morgan fingerprint density at radius 2 is 1.89 bits per heavy atom. The average molecular weight is 352 g/mol. The van der Waals surface area contributed by atoms with E-state index < -0.39 is 5.82 Å². The Balaban J connectivity index is 2.15.